The van der Waals surface area contributed by atoms with Crippen molar-refractivity contribution in [1.29, 1.82) is 0 Å². The van der Waals surface area contributed by atoms with Crippen LogP contribution in [-0.2, 0) is 4.74 Å². The standard InChI is InChI=1S/C13H16F2N2O2/c1-8(9-6-5-7-10(14)11(9)15)16-17-12(18)19-13(2,3)4/h5-7H,1-4H3,(H,17,18). The molecule has 0 bridgehead atoms. The highest BCUT2D eigenvalue weighted by Gasteiger charge is 2.16. The van der Waals surface area contributed by atoms with Crippen LogP contribution in [0.5, 0.6) is 0 Å². The Bertz CT molecular complexity index is 508. The van der Waals surface area contributed by atoms with Gasteiger partial charge >= 0.3 is 6.09 Å². The Morgan fingerprint density at radius 2 is 1.95 bits per heavy atom. The van der Waals surface area contributed by atoms with E-state index in [-0.39, 0.29) is 11.3 Å². The minimum absolute atomic E-state index is 0.0175. The van der Waals surface area contributed by atoms with E-state index < -0.39 is 23.3 Å². The molecule has 0 fully saturated rings. The third-order valence-electron chi connectivity index (χ3n) is 2.06. The lowest BCUT2D eigenvalue weighted by Gasteiger charge is -2.18. The topological polar surface area (TPSA) is 50.7 Å². The highest BCUT2D eigenvalue weighted by molar-refractivity contribution is 5.99. The summed E-state index contributed by atoms with van der Waals surface area (Å²) in [6.07, 6.45) is -0.760. The first-order valence-electron chi connectivity index (χ1n) is 5.68. The maximum Gasteiger partial charge on any atom is 0.428 e. The Kier molecular flexibility index (Phi) is 4.58. The van der Waals surface area contributed by atoms with E-state index in [9.17, 15) is 13.6 Å². The average molecular weight is 270 g/mol. The molecule has 0 saturated carbocycles. The molecule has 1 rings (SSSR count). The molecule has 0 atom stereocenters. The van der Waals surface area contributed by atoms with Crippen molar-refractivity contribution in [3.8, 4) is 0 Å². The highest BCUT2D eigenvalue weighted by Crippen LogP contribution is 2.12. The summed E-state index contributed by atoms with van der Waals surface area (Å²) >= 11 is 0. The van der Waals surface area contributed by atoms with Crippen LogP contribution in [0.2, 0.25) is 0 Å². The zero-order valence-electron chi connectivity index (χ0n) is 11.3. The van der Waals surface area contributed by atoms with Crippen molar-refractivity contribution in [1.82, 2.24) is 5.43 Å². The van der Waals surface area contributed by atoms with Crippen molar-refractivity contribution < 1.29 is 18.3 Å². The van der Waals surface area contributed by atoms with E-state index in [2.05, 4.69) is 10.5 Å². The third kappa shape index (κ3) is 4.65. The van der Waals surface area contributed by atoms with Gasteiger partial charge in [-0.05, 0) is 39.8 Å². The van der Waals surface area contributed by atoms with Crippen LogP contribution in [0.4, 0.5) is 13.6 Å². The molecule has 0 spiro atoms. The molecule has 4 nitrogen and oxygen atoms in total. The Morgan fingerprint density at radius 3 is 2.53 bits per heavy atom. The predicted molar refractivity (Wildman–Crippen MR) is 67.9 cm³/mol. The van der Waals surface area contributed by atoms with Gasteiger partial charge in [0, 0.05) is 5.56 Å². The van der Waals surface area contributed by atoms with Gasteiger partial charge in [0.15, 0.2) is 11.6 Å². The van der Waals surface area contributed by atoms with Crippen LogP contribution in [0, 0.1) is 11.6 Å². The van der Waals surface area contributed by atoms with Crippen LogP contribution in [0.1, 0.15) is 33.3 Å². The number of benzene rings is 1. The molecule has 0 aliphatic rings. The van der Waals surface area contributed by atoms with Gasteiger partial charge in [0.05, 0.1) is 5.71 Å². The Balaban J connectivity index is 2.78. The molecular weight excluding hydrogens is 254 g/mol. The van der Waals surface area contributed by atoms with Gasteiger partial charge in [0.1, 0.15) is 5.60 Å². The molecule has 6 heteroatoms. The number of carbonyl (C=O) groups is 1. The number of hydrazone groups is 1. The second-order valence-electron chi connectivity index (χ2n) is 4.91. The predicted octanol–water partition coefficient (Wildman–Crippen LogP) is 3.21. The van der Waals surface area contributed by atoms with E-state index in [4.69, 9.17) is 4.74 Å². The molecule has 0 unspecified atom stereocenters. The number of carbonyl (C=O) groups excluding carboxylic acids is 1. The van der Waals surface area contributed by atoms with Gasteiger partial charge in [0.2, 0.25) is 0 Å². The summed E-state index contributed by atoms with van der Waals surface area (Å²) in [6.45, 7) is 6.56. The van der Waals surface area contributed by atoms with Crippen LogP contribution in [0.3, 0.4) is 0 Å². The van der Waals surface area contributed by atoms with Crippen LogP contribution >= 0.6 is 0 Å². The Hall–Kier alpha value is -1.98. The number of nitrogens with one attached hydrogen (secondary N) is 1. The molecule has 1 amide bonds. The van der Waals surface area contributed by atoms with Gasteiger partial charge in [-0.2, -0.15) is 5.10 Å². The second kappa shape index (κ2) is 5.77. The minimum atomic E-state index is -1.00. The molecule has 19 heavy (non-hydrogen) atoms. The highest BCUT2D eigenvalue weighted by atomic mass is 19.2. The summed E-state index contributed by atoms with van der Waals surface area (Å²) in [6, 6.07) is 3.74. The quantitative estimate of drug-likeness (QED) is 0.662. The molecule has 1 aromatic carbocycles. The van der Waals surface area contributed by atoms with Crippen molar-refractivity contribution in [2.75, 3.05) is 0 Å². The fourth-order valence-electron chi connectivity index (χ4n) is 1.27. The van der Waals surface area contributed by atoms with Gasteiger partial charge in [-0.25, -0.2) is 19.0 Å². The lowest BCUT2D eigenvalue weighted by molar-refractivity contribution is 0.0529. The van der Waals surface area contributed by atoms with Crippen molar-refractivity contribution in [2.45, 2.75) is 33.3 Å². The maximum absolute atomic E-state index is 13.4. The van der Waals surface area contributed by atoms with Gasteiger partial charge in [-0.15, -0.1) is 0 Å². The Morgan fingerprint density at radius 1 is 1.32 bits per heavy atom. The smallest absolute Gasteiger partial charge is 0.428 e. The molecule has 0 radical (unpaired) electrons. The number of amides is 1. The van der Waals surface area contributed by atoms with Crippen molar-refractivity contribution >= 4 is 11.8 Å². The van der Waals surface area contributed by atoms with E-state index in [1.54, 1.807) is 20.8 Å². The van der Waals surface area contributed by atoms with E-state index in [0.29, 0.717) is 0 Å². The van der Waals surface area contributed by atoms with Crippen LogP contribution < -0.4 is 5.43 Å². The number of hydrogen-bond acceptors (Lipinski definition) is 3. The first-order chi connectivity index (χ1) is 8.70. The summed E-state index contributed by atoms with van der Waals surface area (Å²) in [5, 5.41) is 3.67. The average Bonchev–Trinajstić information content (AvgIpc) is 2.27. The summed E-state index contributed by atoms with van der Waals surface area (Å²) in [4.78, 5) is 11.3. The minimum Gasteiger partial charge on any atom is -0.443 e. The molecule has 0 aromatic heterocycles. The SMILES string of the molecule is CC(=NNC(=O)OC(C)(C)C)c1cccc(F)c1F. The summed E-state index contributed by atoms with van der Waals surface area (Å²) < 4.78 is 31.4. The summed E-state index contributed by atoms with van der Waals surface area (Å²) in [7, 11) is 0. The van der Waals surface area contributed by atoms with Crippen molar-refractivity contribution in [3.05, 3.63) is 35.4 Å². The normalized spacial score (nSPS) is 12.2. The Labute approximate surface area is 110 Å². The van der Waals surface area contributed by atoms with Crippen LogP contribution in [-0.4, -0.2) is 17.4 Å². The first kappa shape index (κ1) is 15.1. The number of nitrogens with zero attached hydrogens (tertiary/aromatic N) is 1. The second-order valence-corrected chi connectivity index (χ2v) is 4.91. The van der Waals surface area contributed by atoms with Crippen molar-refractivity contribution in [3.63, 3.8) is 0 Å². The molecule has 104 valence electrons. The molecule has 0 heterocycles. The number of halogens is 2. The number of ether oxygens (including phenoxy) is 1. The third-order valence-corrected chi connectivity index (χ3v) is 2.06. The molecule has 1 N–H and O–H groups in total. The van der Waals surface area contributed by atoms with Crippen LogP contribution in [0.25, 0.3) is 0 Å². The number of rotatable bonds is 2. The molecule has 0 aliphatic carbocycles. The van der Waals surface area contributed by atoms with E-state index in [1.165, 1.54) is 19.1 Å². The first-order valence-corrected chi connectivity index (χ1v) is 5.68. The summed E-state index contributed by atoms with van der Waals surface area (Å²) in [5.41, 5.74) is 1.59. The molecule has 0 aliphatic heterocycles. The van der Waals surface area contributed by atoms with Gasteiger partial charge in [-0.1, -0.05) is 6.07 Å². The molecule has 0 saturated heterocycles. The monoisotopic (exact) mass is 270 g/mol. The van der Waals surface area contributed by atoms with Crippen molar-refractivity contribution in [2.24, 2.45) is 5.10 Å². The largest absolute Gasteiger partial charge is 0.443 e. The van der Waals surface area contributed by atoms with Gasteiger partial charge in [0.25, 0.3) is 0 Å². The fraction of sp³-hybridized carbons (Fsp3) is 0.385. The zero-order chi connectivity index (χ0) is 14.6. The molecular formula is C13H16F2N2O2. The lowest BCUT2D eigenvalue weighted by atomic mass is 10.1. The van der Waals surface area contributed by atoms with E-state index >= 15 is 0 Å². The number of hydrogen-bond donors (Lipinski definition) is 1. The van der Waals surface area contributed by atoms with Gasteiger partial charge in [-0.3, -0.25) is 0 Å². The van der Waals surface area contributed by atoms with Crippen LogP contribution in [0.15, 0.2) is 23.3 Å². The molecule has 1 aromatic rings. The zero-order valence-corrected chi connectivity index (χ0v) is 11.3. The maximum atomic E-state index is 13.4. The van der Waals surface area contributed by atoms with Gasteiger partial charge < -0.3 is 4.74 Å². The van der Waals surface area contributed by atoms with E-state index in [1.807, 2.05) is 0 Å². The lowest BCUT2D eigenvalue weighted by Crippen LogP contribution is -2.30. The van der Waals surface area contributed by atoms with E-state index in [0.717, 1.165) is 6.07 Å². The fourth-order valence-corrected chi connectivity index (χ4v) is 1.27. The summed E-state index contributed by atoms with van der Waals surface area (Å²) in [5.74, 6) is -1.97.